The van der Waals surface area contributed by atoms with Crippen LogP contribution in [-0.4, -0.2) is 36.1 Å². The van der Waals surface area contributed by atoms with Crippen molar-refractivity contribution in [1.82, 2.24) is 10.2 Å². The Morgan fingerprint density at radius 2 is 1.62 bits per heavy atom. The number of ether oxygens (including phenoxy) is 2. The second-order valence-corrected chi connectivity index (χ2v) is 8.71. The SMILES string of the molecule is CON=C(C)C(Cc1ccc(OC(c2ccc(CC(C)C)cc2)c2cn[nH]c2)cc1)C(=O)OC. The second-order valence-electron chi connectivity index (χ2n) is 8.71. The number of methoxy groups -OCH3 is 1. The number of benzene rings is 2. The number of aromatic amines is 1. The molecule has 34 heavy (non-hydrogen) atoms. The topological polar surface area (TPSA) is 85.8 Å². The Balaban J connectivity index is 1.78. The lowest BCUT2D eigenvalue weighted by molar-refractivity contribution is -0.143. The molecule has 7 heteroatoms. The summed E-state index contributed by atoms with van der Waals surface area (Å²) in [5, 5.41) is 10.9. The molecule has 1 aromatic heterocycles. The summed E-state index contributed by atoms with van der Waals surface area (Å²) in [7, 11) is 2.83. The van der Waals surface area contributed by atoms with E-state index in [0.29, 0.717) is 18.1 Å². The Kier molecular flexibility index (Phi) is 8.85. The van der Waals surface area contributed by atoms with Crippen molar-refractivity contribution < 1.29 is 19.1 Å². The number of oxime groups is 1. The first-order valence-electron chi connectivity index (χ1n) is 11.4. The smallest absolute Gasteiger partial charge is 0.314 e. The van der Waals surface area contributed by atoms with E-state index >= 15 is 0 Å². The summed E-state index contributed by atoms with van der Waals surface area (Å²) in [5.74, 6) is 0.464. The van der Waals surface area contributed by atoms with Gasteiger partial charge in [-0.05, 0) is 54.5 Å². The highest BCUT2D eigenvalue weighted by molar-refractivity contribution is 6.00. The van der Waals surface area contributed by atoms with Gasteiger partial charge in [-0.25, -0.2) is 0 Å². The summed E-state index contributed by atoms with van der Waals surface area (Å²) in [6.07, 6.45) is 4.82. The van der Waals surface area contributed by atoms with Crippen LogP contribution in [0.1, 0.15) is 49.1 Å². The molecule has 3 rings (SSSR count). The highest BCUT2D eigenvalue weighted by atomic mass is 16.6. The fraction of sp³-hybridized carbons (Fsp3) is 0.370. The maximum atomic E-state index is 12.2. The number of carbonyl (C=O) groups is 1. The van der Waals surface area contributed by atoms with E-state index in [2.05, 4.69) is 53.5 Å². The third-order valence-electron chi connectivity index (χ3n) is 5.59. The molecule has 0 spiro atoms. The lowest BCUT2D eigenvalue weighted by atomic mass is 9.95. The van der Waals surface area contributed by atoms with Crippen LogP contribution < -0.4 is 4.74 Å². The molecule has 180 valence electrons. The van der Waals surface area contributed by atoms with Crippen LogP contribution in [0.2, 0.25) is 0 Å². The number of hydrogen-bond donors (Lipinski definition) is 1. The monoisotopic (exact) mass is 463 g/mol. The van der Waals surface area contributed by atoms with Crippen LogP contribution in [0.4, 0.5) is 0 Å². The summed E-state index contributed by atoms with van der Waals surface area (Å²) in [6, 6.07) is 16.3. The van der Waals surface area contributed by atoms with E-state index in [1.54, 1.807) is 13.1 Å². The first-order valence-corrected chi connectivity index (χ1v) is 11.4. The highest BCUT2D eigenvalue weighted by Gasteiger charge is 2.24. The molecule has 0 saturated carbocycles. The average Bonchev–Trinajstić information content (AvgIpc) is 3.36. The number of carbonyl (C=O) groups excluding carboxylic acids is 1. The number of H-pyrrole nitrogens is 1. The molecule has 0 bridgehead atoms. The largest absolute Gasteiger partial charge is 0.481 e. The minimum Gasteiger partial charge on any atom is -0.481 e. The predicted octanol–water partition coefficient (Wildman–Crippen LogP) is 5.13. The molecule has 1 heterocycles. The molecule has 7 nitrogen and oxygen atoms in total. The van der Waals surface area contributed by atoms with Crippen molar-refractivity contribution in [3.8, 4) is 5.75 Å². The van der Waals surface area contributed by atoms with Gasteiger partial charge in [-0.3, -0.25) is 9.89 Å². The Bertz CT molecular complexity index is 1060. The standard InChI is InChI=1S/C27H33N3O4/c1-18(2)14-20-6-10-22(11-7-20)26(23-16-28-29-17-23)34-24-12-8-21(9-13-24)15-25(27(31)32-4)19(3)30-33-5/h6-13,16-18,25-26H,14-15H2,1-5H3,(H,28,29). The maximum Gasteiger partial charge on any atom is 0.314 e. The van der Waals surface area contributed by atoms with Crippen molar-refractivity contribution in [2.75, 3.05) is 14.2 Å². The first-order chi connectivity index (χ1) is 16.4. The first kappa shape index (κ1) is 25.0. The van der Waals surface area contributed by atoms with Gasteiger partial charge in [0.15, 0.2) is 6.10 Å². The van der Waals surface area contributed by atoms with E-state index in [-0.39, 0.29) is 12.1 Å². The number of nitrogens with one attached hydrogen (secondary N) is 1. The summed E-state index contributed by atoms with van der Waals surface area (Å²) in [4.78, 5) is 17.1. The number of nitrogens with zero attached hydrogens (tertiary/aromatic N) is 2. The highest BCUT2D eigenvalue weighted by Crippen LogP contribution is 2.29. The van der Waals surface area contributed by atoms with Crippen molar-refractivity contribution in [1.29, 1.82) is 0 Å². The summed E-state index contributed by atoms with van der Waals surface area (Å²) >= 11 is 0. The van der Waals surface area contributed by atoms with Gasteiger partial charge in [-0.15, -0.1) is 0 Å². The maximum absolute atomic E-state index is 12.2. The van der Waals surface area contributed by atoms with Crippen molar-refractivity contribution in [3.63, 3.8) is 0 Å². The quantitative estimate of drug-likeness (QED) is 0.242. The zero-order chi connectivity index (χ0) is 24.5. The molecule has 2 aromatic carbocycles. The normalized spacial score (nSPS) is 13.4. The Morgan fingerprint density at radius 3 is 2.18 bits per heavy atom. The third-order valence-corrected chi connectivity index (χ3v) is 5.59. The number of hydrogen-bond acceptors (Lipinski definition) is 6. The van der Waals surface area contributed by atoms with Crippen LogP contribution in [0.15, 0.2) is 66.1 Å². The molecule has 2 unspecified atom stereocenters. The van der Waals surface area contributed by atoms with Crippen LogP contribution in [-0.2, 0) is 27.2 Å². The van der Waals surface area contributed by atoms with E-state index in [0.717, 1.165) is 28.9 Å². The molecule has 0 amide bonds. The van der Waals surface area contributed by atoms with Crippen LogP contribution in [0.25, 0.3) is 0 Å². The fourth-order valence-electron chi connectivity index (χ4n) is 3.86. The molecular formula is C27H33N3O4. The van der Waals surface area contributed by atoms with Crippen molar-refractivity contribution in [2.45, 2.75) is 39.7 Å². The van der Waals surface area contributed by atoms with Gasteiger partial charge >= 0.3 is 5.97 Å². The van der Waals surface area contributed by atoms with Gasteiger partial charge < -0.3 is 14.3 Å². The lowest BCUT2D eigenvalue weighted by Gasteiger charge is -2.20. The Morgan fingerprint density at radius 1 is 0.971 bits per heavy atom. The van der Waals surface area contributed by atoms with E-state index in [1.165, 1.54) is 19.8 Å². The average molecular weight is 464 g/mol. The van der Waals surface area contributed by atoms with Gasteiger partial charge in [0, 0.05) is 11.8 Å². The van der Waals surface area contributed by atoms with E-state index < -0.39 is 5.92 Å². The van der Waals surface area contributed by atoms with Gasteiger partial charge in [0.05, 0.1) is 19.0 Å². The summed E-state index contributed by atoms with van der Waals surface area (Å²) in [6.45, 7) is 6.19. The zero-order valence-electron chi connectivity index (χ0n) is 20.4. The zero-order valence-corrected chi connectivity index (χ0v) is 20.4. The van der Waals surface area contributed by atoms with Crippen LogP contribution in [0.5, 0.6) is 5.75 Å². The molecule has 0 saturated heterocycles. The number of aromatic nitrogens is 2. The van der Waals surface area contributed by atoms with Gasteiger partial charge in [0.2, 0.25) is 0 Å². The molecule has 3 aromatic rings. The van der Waals surface area contributed by atoms with Gasteiger partial charge in [0.1, 0.15) is 18.8 Å². The van der Waals surface area contributed by atoms with Gasteiger partial charge in [-0.2, -0.15) is 5.10 Å². The van der Waals surface area contributed by atoms with Crippen molar-refractivity contribution in [2.24, 2.45) is 17.0 Å². The molecule has 0 fully saturated rings. The van der Waals surface area contributed by atoms with E-state index in [4.69, 9.17) is 14.3 Å². The lowest BCUT2D eigenvalue weighted by Crippen LogP contribution is -2.26. The van der Waals surface area contributed by atoms with Crippen LogP contribution in [0, 0.1) is 11.8 Å². The summed E-state index contributed by atoms with van der Waals surface area (Å²) in [5.41, 5.74) is 4.83. The second kappa shape index (κ2) is 12.0. The minimum atomic E-state index is -0.514. The Labute approximate surface area is 201 Å². The van der Waals surface area contributed by atoms with Crippen LogP contribution >= 0.6 is 0 Å². The fourth-order valence-corrected chi connectivity index (χ4v) is 3.86. The van der Waals surface area contributed by atoms with Crippen molar-refractivity contribution >= 4 is 11.7 Å². The molecule has 2 atom stereocenters. The number of rotatable bonds is 11. The molecule has 1 N–H and O–H groups in total. The minimum absolute atomic E-state index is 0.295. The molecule has 0 aliphatic carbocycles. The predicted molar refractivity (Wildman–Crippen MR) is 132 cm³/mol. The molecule has 0 aliphatic heterocycles. The van der Waals surface area contributed by atoms with Crippen molar-refractivity contribution in [3.05, 3.63) is 83.2 Å². The van der Waals surface area contributed by atoms with E-state index in [1.807, 2.05) is 30.5 Å². The number of esters is 1. The van der Waals surface area contributed by atoms with Crippen LogP contribution in [0.3, 0.4) is 0 Å². The van der Waals surface area contributed by atoms with Gasteiger partial charge in [-0.1, -0.05) is 55.4 Å². The Hall–Kier alpha value is -3.61. The van der Waals surface area contributed by atoms with Gasteiger partial charge in [0.25, 0.3) is 0 Å². The molecule has 0 radical (unpaired) electrons. The summed E-state index contributed by atoms with van der Waals surface area (Å²) < 4.78 is 11.3. The molecular weight excluding hydrogens is 430 g/mol. The molecule has 0 aliphatic rings. The third kappa shape index (κ3) is 6.70. The van der Waals surface area contributed by atoms with E-state index in [9.17, 15) is 4.79 Å².